The number of anilines is 1. The summed E-state index contributed by atoms with van der Waals surface area (Å²) in [6.07, 6.45) is 0.752. The fraction of sp³-hybridized carbons (Fsp3) is 0.316. The van der Waals surface area contributed by atoms with Crippen LogP contribution in [-0.2, 0) is 21.2 Å². The molecule has 0 spiro atoms. The third-order valence-electron chi connectivity index (χ3n) is 3.80. The topological polar surface area (TPSA) is 111 Å². The molecule has 0 radical (unpaired) electrons. The van der Waals surface area contributed by atoms with Crippen LogP contribution in [0.4, 0.5) is 5.69 Å². The van der Waals surface area contributed by atoms with Gasteiger partial charge in [-0.3, -0.25) is 4.79 Å². The molecule has 2 aromatic carbocycles. The zero-order valence-electron chi connectivity index (χ0n) is 15.7. The minimum absolute atomic E-state index is 0. The molecule has 0 heterocycles. The molecule has 9 heteroatoms. The molecule has 0 saturated heterocycles. The molecule has 0 fully saturated rings. The Labute approximate surface area is 172 Å². The smallest absolute Gasteiger partial charge is 0.240 e. The van der Waals surface area contributed by atoms with Crippen molar-refractivity contribution in [3.8, 4) is 5.75 Å². The first kappa shape index (κ1) is 23.7. The molecule has 2 rings (SSSR count). The van der Waals surface area contributed by atoms with Gasteiger partial charge in [-0.2, -0.15) is 0 Å². The summed E-state index contributed by atoms with van der Waals surface area (Å²) in [6, 6.07) is 13.6. The Kier molecular flexibility index (Phi) is 9.78. The van der Waals surface area contributed by atoms with Gasteiger partial charge in [-0.05, 0) is 55.3 Å². The molecule has 0 bridgehead atoms. The van der Waals surface area contributed by atoms with E-state index in [0.29, 0.717) is 31.0 Å². The van der Waals surface area contributed by atoms with Crippen molar-refractivity contribution in [2.75, 3.05) is 25.4 Å². The number of hydrogen-bond donors (Lipinski definition) is 3. The molecule has 0 unspecified atom stereocenters. The fourth-order valence-corrected chi connectivity index (χ4v) is 3.41. The number of carbonyl (C=O) groups excluding carboxylic acids is 1. The highest BCUT2D eigenvalue weighted by molar-refractivity contribution is 7.89. The van der Waals surface area contributed by atoms with Crippen molar-refractivity contribution in [2.24, 2.45) is 0 Å². The van der Waals surface area contributed by atoms with Crippen LogP contribution in [0, 0.1) is 0 Å². The Bertz CT molecular complexity index is 840. The van der Waals surface area contributed by atoms with Crippen LogP contribution in [0.15, 0.2) is 53.4 Å². The molecule has 0 aromatic heterocycles. The summed E-state index contributed by atoms with van der Waals surface area (Å²) < 4.78 is 32.1. The number of amides is 1. The van der Waals surface area contributed by atoms with E-state index in [9.17, 15) is 13.2 Å². The van der Waals surface area contributed by atoms with Crippen molar-refractivity contribution < 1.29 is 17.9 Å². The van der Waals surface area contributed by atoms with Crippen LogP contribution in [0.2, 0.25) is 0 Å². The molecular formula is C19H26ClN3O4S. The monoisotopic (exact) mass is 427 g/mol. The maximum absolute atomic E-state index is 12.2. The van der Waals surface area contributed by atoms with Crippen LogP contribution in [-0.4, -0.2) is 34.0 Å². The highest BCUT2D eigenvalue weighted by atomic mass is 35.5. The number of sulfonamides is 1. The average molecular weight is 428 g/mol. The van der Waals surface area contributed by atoms with Gasteiger partial charge in [0, 0.05) is 25.2 Å². The molecule has 7 nitrogen and oxygen atoms in total. The van der Waals surface area contributed by atoms with Crippen molar-refractivity contribution in [1.29, 1.82) is 0 Å². The van der Waals surface area contributed by atoms with E-state index in [-0.39, 0.29) is 36.2 Å². The number of carbonyl (C=O) groups is 1. The van der Waals surface area contributed by atoms with Gasteiger partial charge in [0.25, 0.3) is 0 Å². The second-order valence-electron chi connectivity index (χ2n) is 5.89. The number of nitrogen functional groups attached to an aromatic ring is 1. The minimum atomic E-state index is -3.65. The van der Waals surface area contributed by atoms with Crippen LogP contribution in [0.3, 0.4) is 0 Å². The van der Waals surface area contributed by atoms with E-state index in [4.69, 9.17) is 10.5 Å². The van der Waals surface area contributed by atoms with E-state index in [0.717, 1.165) is 5.56 Å². The normalized spacial score (nSPS) is 10.8. The van der Waals surface area contributed by atoms with Gasteiger partial charge in [-0.1, -0.05) is 12.1 Å². The molecule has 4 N–H and O–H groups in total. The Balaban J connectivity index is 0.00000392. The van der Waals surface area contributed by atoms with Gasteiger partial charge in [-0.25, -0.2) is 13.1 Å². The minimum Gasteiger partial charge on any atom is -0.494 e. The number of halogens is 1. The number of benzene rings is 2. The van der Waals surface area contributed by atoms with Crippen LogP contribution in [0.25, 0.3) is 0 Å². The fourth-order valence-electron chi connectivity index (χ4n) is 2.38. The first-order valence-corrected chi connectivity index (χ1v) is 10.2. The van der Waals surface area contributed by atoms with Crippen LogP contribution >= 0.6 is 12.4 Å². The average Bonchev–Trinajstić information content (AvgIpc) is 2.64. The second kappa shape index (κ2) is 11.5. The van der Waals surface area contributed by atoms with E-state index in [1.165, 1.54) is 12.1 Å². The molecular weight excluding hydrogens is 402 g/mol. The zero-order chi connectivity index (χ0) is 19.7. The van der Waals surface area contributed by atoms with Crippen molar-refractivity contribution in [3.63, 3.8) is 0 Å². The highest BCUT2D eigenvalue weighted by Gasteiger charge is 2.14. The highest BCUT2D eigenvalue weighted by Crippen LogP contribution is 2.15. The molecule has 0 aliphatic heterocycles. The number of nitrogens with two attached hydrogens (primary N) is 1. The van der Waals surface area contributed by atoms with Crippen molar-refractivity contribution >= 4 is 34.0 Å². The SMILES string of the molecule is CCOc1ccc(S(=O)(=O)NCCC(=O)NCCc2ccc(N)cc2)cc1.Cl. The standard InChI is InChI=1S/C19H25N3O4S.ClH/c1-2-26-17-7-9-18(10-8-17)27(24,25)22-14-12-19(23)21-13-11-15-3-5-16(20)6-4-15;/h3-10,22H,2,11-14,20H2,1H3,(H,21,23);1H. The predicted octanol–water partition coefficient (Wildman–Crippen LogP) is 2.12. The van der Waals surface area contributed by atoms with Crippen molar-refractivity contribution in [2.45, 2.75) is 24.7 Å². The molecule has 2 aromatic rings. The van der Waals surface area contributed by atoms with Gasteiger partial charge in [0.05, 0.1) is 11.5 Å². The lowest BCUT2D eigenvalue weighted by atomic mass is 10.1. The number of rotatable bonds is 10. The Morgan fingerprint density at radius 3 is 2.29 bits per heavy atom. The number of nitrogens with one attached hydrogen (secondary N) is 2. The zero-order valence-corrected chi connectivity index (χ0v) is 17.3. The van der Waals surface area contributed by atoms with Crippen LogP contribution in [0.1, 0.15) is 18.9 Å². The largest absolute Gasteiger partial charge is 0.494 e. The van der Waals surface area contributed by atoms with Crippen molar-refractivity contribution in [1.82, 2.24) is 10.0 Å². The molecule has 1 amide bonds. The molecule has 154 valence electrons. The third-order valence-corrected chi connectivity index (χ3v) is 5.28. The second-order valence-corrected chi connectivity index (χ2v) is 7.66. The maximum atomic E-state index is 12.2. The molecule has 28 heavy (non-hydrogen) atoms. The van der Waals surface area contributed by atoms with E-state index >= 15 is 0 Å². The summed E-state index contributed by atoms with van der Waals surface area (Å²) in [7, 11) is -3.65. The number of hydrogen-bond acceptors (Lipinski definition) is 5. The first-order valence-electron chi connectivity index (χ1n) is 8.74. The van der Waals surface area contributed by atoms with Crippen LogP contribution < -0.4 is 20.5 Å². The van der Waals surface area contributed by atoms with Gasteiger partial charge in [-0.15, -0.1) is 12.4 Å². The lowest BCUT2D eigenvalue weighted by Crippen LogP contribution is -2.31. The van der Waals surface area contributed by atoms with E-state index in [2.05, 4.69) is 10.0 Å². The summed E-state index contributed by atoms with van der Waals surface area (Å²) in [6.45, 7) is 2.88. The van der Waals surface area contributed by atoms with Crippen LogP contribution in [0.5, 0.6) is 5.75 Å². The first-order chi connectivity index (χ1) is 12.9. The third kappa shape index (κ3) is 7.75. The summed E-state index contributed by atoms with van der Waals surface area (Å²) in [5, 5.41) is 2.77. The van der Waals surface area contributed by atoms with E-state index < -0.39 is 10.0 Å². The summed E-state index contributed by atoms with van der Waals surface area (Å²) in [5.41, 5.74) is 7.39. The molecule has 0 atom stereocenters. The van der Waals surface area contributed by atoms with Gasteiger partial charge in [0.1, 0.15) is 5.75 Å². The molecule has 0 aliphatic carbocycles. The lowest BCUT2D eigenvalue weighted by molar-refractivity contribution is -0.120. The lowest BCUT2D eigenvalue weighted by Gasteiger charge is -2.09. The number of ether oxygens (including phenoxy) is 1. The van der Waals surface area contributed by atoms with Gasteiger partial charge < -0.3 is 15.8 Å². The van der Waals surface area contributed by atoms with Gasteiger partial charge in [0.15, 0.2) is 0 Å². The summed E-state index contributed by atoms with van der Waals surface area (Å²) in [4.78, 5) is 12.0. The summed E-state index contributed by atoms with van der Waals surface area (Å²) in [5.74, 6) is 0.400. The Hall–Kier alpha value is -2.29. The van der Waals surface area contributed by atoms with Gasteiger partial charge >= 0.3 is 0 Å². The van der Waals surface area contributed by atoms with Gasteiger partial charge in [0.2, 0.25) is 15.9 Å². The van der Waals surface area contributed by atoms with E-state index in [1.807, 2.05) is 31.2 Å². The Morgan fingerprint density at radius 2 is 1.68 bits per heavy atom. The maximum Gasteiger partial charge on any atom is 0.240 e. The summed E-state index contributed by atoms with van der Waals surface area (Å²) >= 11 is 0. The molecule has 0 aliphatic rings. The molecule has 0 saturated carbocycles. The van der Waals surface area contributed by atoms with Crippen molar-refractivity contribution in [3.05, 3.63) is 54.1 Å². The Morgan fingerprint density at radius 1 is 1.04 bits per heavy atom. The van der Waals surface area contributed by atoms with E-state index in [1.54, 1.807) is 12.1 Å². The quantitative estimate of drug-likeness (QED) is 0.503. The predicted molar refractivity (Wildman–Crippen MR) is 112 cm³/mol.